The molecule has 1 aromatic carbocycles. The number of likely N-dealkylation sites (tertiary alicyclic amines) is 1. The van der Waals surface area contributed by atoms with Crippen LogP contribution in [0.5, 0.6) is 0 Å². The first-order valence-electron chi connectivity index (χ1n) is 6.45. The summed E-state index contributed by atoms with van der Waals surface area (Å²) in [5, 5.41) is 0. The van der Waals surface area contributed by atoms with Crippen molar-refractivity contribution in [3.63, 3.8) is 0 Å². The van der Waals surface area contributed by atoms with Gasteiger partial charge >= 0.3 is 0 Å². The summed E-state index contributed by atoms with van der Waals surface area (Å²) in [5.41, 5.74) is 8.02. The second kappa shape index (κ2) is 7.12. The van der Waals surface area contributed by atoms with Crippen LogP contribution in [-0.2, 0) is 5.75 Å². The van der Waals surface area contributed by atoms with Crippen LogP contribution in [0.25, 0.3) is 0 Å². The number of nitrogens with two attached hydrogens (primary N) is 1. The molecule has 4 heteroatoms. The van der Waals surface area contributed by atoms with Crippen LogP contribution in [0.2, 0.25) is 0 Å². The number of benzene rings is 1. The van der Waals surface area contributed by atoms with Crippen molar-refractivity contribution in [2.24, 2.45) is 5.73 Å². The Bertz CT molecular complexity index is 401. The zero-order chi connectivity index (χ0) is 12.8. The van der Waals surface area contributed by atoms with E-state index in [9.17, 15) is 0 Å². The minimum atomic E-state index is 0.505. The first kappa shape index (κ1) is 13.8. The van der Waals surface area contributed by atoms with Crippen LogP contribution in [0.4, 0.5) is 0 Å². The SMILES string of the molecule is NC(=S)c1ccccc1CSCCN1CCCC1. The highest BCUT2D eigenvalue weighted by atomic mass is 32.2. The molecule has 18 heavy (non-hydrogen) atoms. The van der Waals surface area contributed by atoms with E-state index in [0.29, 0.717) is 4.99 Å². The number of hydrogen-bond donors (Lipinski definition) is 1. The second-order valence-electron chi connectivity index (χ2n) is 4.62. The number of hydrogen-bond acceptors (Lipinski definition) is 3. The topological polar surface area (TPSA) is 29.3 Å². The summed E-state index contributed by atoms with van der Waals surface area (Å²) in [6.07, 6.45) is 2.74. The molecule has 0 spiro atoms. The van der Waals surface area contributed by atoms with Gasteiger partial charge in [0.2, 0.25) is 0 Å². The van der Waals surface area contributed by atoms with Gasteiger partial charge in [-0.25, -0.2) is 0 Å². The minimum Gasteiger partial charge on any atom is -0.389 e. The van der Waals surface area contributed by atoms with Gasteiger partial charge in [0.15, 0.2) is 0 Å². The Morgan fingerprint density at radius 1 is 1.28 bits per heavy atom. The van der Waals surface area contributed by atoms with E-state index in [1.54, 1.807) is 0 Å². The van der Waals surface area contributed by atoms with Crippen LogP contribution in [0.15, 0.2) is 24.3 Å². The van der Waals surface area contributed by atoms with Gasteiger partial charge in [-0.1, -0.05) is 36.5 Å². The van der Waals surface area contributed by atoms with Crippen molar-refractivity contribution >= 4 is 29.0 Å². The molecule has 1 aliphatic rings. The molecule has 0 amide bonds. The zero-order valence-electron chi connectivity index (χ0n) is 10.6. The van der Waals surface area contributed by atoms with Crippen molar-refractivity contribution in [2.75, 3.05) is 25.4 Å². The van der Waals surface area contributed by atoms with Gasteiger partial charge in [-0.2, -0.15) is 11.8 Å². The highest BCUT2D eigenvalue weighted by Gasteiger charge is 2.10. The molecule has 98 valence electrons. The predicted octanol–water partition coefficient (Wildman–Crippen LogP) is 2.65. The molecular weight excluding hydrogens is 260 g/mol. The number of thioether (sulfide) groups is 1. The molecule has 0 radical (unpaired) electrons. The Morgan fingerprint density at radius 2 is 2.00 bits per heavy atom. The maximum absolute atomic E-state index is 5.73. The number of rotatable bonds is 6. The maximum atomic E-state index is 5.73. The van der Waals surface area contributed by atoms with Gasteiger partial charge < -0.3 is 10.6 Å². The average molecular weight is 280 g/mol. The third-order valence-corrected chi connectivity index (χ3v) is 4.50. The molecule has 0 aliphatic carbocycles. The summed E-state index contributed by atoms with van der Waals surface area (Å²) >= 11 is 7.04. The van der Waals surface area contributed by atoms with Gasteiger partial charge in [-0.3, -0.25) is 0 Å². The highest BCUT2D eigenvalue weighted by molar-refractivity contribution is 7.98. The molecule has 0 aromatic heterocycles. The van der Waals surface area contributed by atoms with Gasteiger partial charge in [0.25, 0.3) is 0 Å². The fourth-order valence-electron chi connectivity index (χ4n) is 2.27. The Hall–Kier alpha value is -0.580. The van der Waals surface area contributed by atoms with E-state index >= 15 is 0 Å². The summed E-state index contributed by atoms with van der Waals surface area (Å²) in [4.78, 5) is 3.05. The molecule has 1 heterocycles. The second-order valence-corrected chi connectivity index (χ2v) is 6.17. The van der Waals surface area contributed by atoms with Crippen molar-refractivity contribution in [2.45, 2.75) is 18.6 Å². The summed E-state index contributed by atoms with van der Waals surface area (Å²) in [6.45, 7) is 3.77. The van der Waals surface area contributed by atoms with Gasteiger partial charge in [-0.05, 0) is 31.5 Å². The third-order valence-electron chi connectivity index (χ3n) is 3.29. The lowest BCUT2D eigenvalue weighted by molar-refractivity contribution is 0.362. The molecule has 0 bridgehead atoms. The van der Waals surface area contributed by atoms with E-state index in [1.165, 1.54) is 43.8 Å². The van der Waals surface area contributed by atoms with Crippen LogP contribution in [-0.4, -0.2) is 35.3 Å². The van der Waals surface area contributed by atoms with E-state index < -0.39 is 0 Å². The molecule has 2 nitrogen and oxygen atoms in total. The third kappa shape index (κ3) is 3.97. The lowest BCUT2D eigenvalue weighted by Gasteiger charge is -2.14. The smallest absolute Gasteiger partial charge is 0.104 e. The fourth-order valence-corrected chi connectivity index (χ4v) is 3.47. The molecule has 0 saturated carbocycles. The van der Waals surface area contributed by atoms with E-state index in [-0.39, 0.29) is 0 Å². The Kier molecular flexibility index (Phi) is 5.47. The highest BCUT2D eigenvalue weighted by Crippen LogP contribution is 2.17. The summed E-state index contributed by atoms with van der Waals surface area (Å²) in [7, 11) is 0. The van der Waals surface area contributed by atoms with Crippen LogP contribution >= 0.6 is 24.0 Å². The van der Waals surface area contributed by atoms with E-state index in [0.717, 1.165) is 11.3 Å². The molecule has 0 unspecified atom stereocenters. The lowest BCUT2D eigenvalue weighted by Crippen LogP contribution is -2.22. The fraction of sp³-hybridized carbons (Fsp3) is 0.500. The van der Waals surface area contributed by atoms with Crippen molar-refractivity contribution in [3.05, 3.63) is 35.4 Å². The Balaban J connectivity index is 1.77. The van der Waals surface area contributed by atoms with Crippen molar-refractivity contribution in [1.29, 1.82) is 0 Å². The zero-order valence-corrected chi connectivity index (χ0v) is 12.2. The molecule has 1 fully saturated rings. The number of nitrogens with zero attached hydrogens (tertiary/aromatic N) is 1. The monoisotopic (exact) mass is 280 g/mol. The Labute approximate surface area is 119 Å². The number of thiocarbonyl (C=S) groups is 1. The van der Waals surface area contributed by atoms with Crippen molar-refractivity contribution < 1.29 is 0 Å². The lowest BCUT2D eigenvalue weighted by atomic mass is 10.1. The normalized spacial score (nSPS) is 16.0. The van der Waals surface area contributed by atoms with Gasteiger partial charge in [0.05, 0.1) is 0 Å². The average Bonchev–Trinajstić information content (AvgIpc) is 2.88. The molecule has 1 aromatic rings. The van der Waals surface area contributed by atoms with Crippen molar-refractivity contribution in [1.82, 2.24) is 4.90 Å². The Morgan fingerprint density at radius 3 is 2.72 bits per heavy atom. The van der Waals surface area contributed by atoms with E-state index in [2.05, 4.69) is 17.0 Å². The predicted molar refractivity (Wildman–Crippen MR) is 84.2 cm³/mol. The quantitative estimate of drug-likeness (QED) is 0.641. The van der Waals surface area contributed by atoms with Crippen LogP contribution < -0.4 is 5.73 Å². The maximum Gasteiger partial charge on any atom is 0.104 e. The molecule has 1 aliphatic heterocycles. The van der Waals surface area contributed by atoms with Gasteiger partial charge in [0.1, 0.15) is 4.99 Å². The molecular formula is C14H20N2S2. The van der Waals surface area contributed by atoms with Gasteiger partial charge in [-0.15, -0.1) is 0 Å². The van der Waals surface area contributed by atoms with Gasteiger partial charge in [0, 0.05) is 23.6 Å². The largest absolute Gasteiger partial charge is 0.389 e. The first-order valence-corrected chi connectivity index (χ1v) is 8.01. The summed E-state index contributed by atoms with van der Waals surface area (Å²) in [6, 6.07) is 8.18. The summed E-state index contributed by atoms with van der Waals surface area (Å²) < 4.78 is 0. The standard InChI is InChI=1S/C14H20N2S2/c15-14(17)13-6-2-1-5-12(13)11-18-10-9-16-7-3-4-8-16/h1-2,5-6H,3-4,7-11H2,(H2,15,17). The molecule has 2 rings (SSSR count). The summed E-state index contributed by atoms with van der Waals surface area (Å²) in [5.74, 6) is 2.19. The minimum absolute atomic E-state index is 0.505. The molecule has 0 atom stereocenters. The van der Waals surface area contributed by atoms with Crippen LogP contribution in [0.1, 0.15) is 24.0 Å². The van der Waals surface area contributed by atoms with E-state index in [4.69, 9.17) is 18.0 Å². The molecule has 2 N–H and O–H groups in total. The molecule has 1 saturated heterocycles. The van der Waals surface area contributed by atoms with E-state index in [1.807, 2.05) is 23.9 Å². The first-order chi connectivity index (χ1) is 8.77. The van der Waals surface area contributed by atoms with Crippen LogP contribution in [0.3, 0.4) is 0 Å². The van der Waals surface area contributed by atoms with Crippen molar-refractivity contribution in [3.8, 4) is 0 Å². The van der Waals surface area contributed by atoms with Crippen LogP contribution in [0, 0.1) is 0 Å².